The maximum atomic E-state index is 10.4. The fraction of sp³-hybridized carbons (Fsp3) is 0.400. The van der Waals surface area contributed by atoms with Crippen LogP contribution in [0.3, 0.4) is 0 Å². The van der Waals surface area contributed by atoms with Gasteiger partial charge in [0.05, 0.1) is 18.7 Å². The number of carboxylic acid groups (broad SMARTS) is 1. The number of aliphatic carboxylic acids is 1. The molecule has 0 saturated heterocycles. The van der Waals surface area contributed by atoms with Crippen molar-refractivity contribution in [3.8, 4) is 12.3 Å². The highest BCUT2D eigenvalue weighted by molar-refractivity contribution is 7.13. The zero-order chi connectivity index (χ0) is 11.3. The second-order valence-corrected chi connectivity index (χ2v) is 3.88. The molecular weight excluding hydrogens is 212 g/mol. The fourth-order valence-electron chi connectivity index (χ4n) is 1.07. The monoisotopic (exact) mass is 224 g/mol. The first-order chi connectivity index (χ1) is 7.13. The van der Waals surface area contributed by atoms with Gasteiger partial charge in [0.15, 0.2) is 5.13 Å². The number of carbonyl (C=O) groups is 1. The van der Waals surface area contributed by atoms with E-state index in [2.05, 4.69) is 10.9 Å². The summed E-state index contributed by atoms with van der Waals surface area (Å²) >= 11 is 1.48. The van der Waals surface area contributed by atoms with Crippen LogP contribution in [0.1, 0.15) is 12.1 Å². The van der Waals surface area contributed by atoms with E-state index in [4.69, 9.17) is 11.5 Å². The van der Waals surface area contributed by atoms with E-state index in [9.17, 15) is 4.79 Å². The molecule has 0 atom stereocenters. The number of rotatable bonds is 5. The first kappa shape index (κ1) is 11.5. The van der Waals surface area contributed by atoms with E-state index in [1.54, 1.807) is 4.90 Å². The first-order valence-corrected chi connectivity index (χ1v) is 5.33. The number of nitrogens with zero attached hydrogens (tertiary/aromatic N) is 2. The van der Waals surface area contributed by atoms with Crippen molar-refractivity contribution in [2.75, 3.05) is 18.0 Å². The van der Waals surface area contributed by atoms with Crippen LogP contribution in [0.5, 0.6) is 0 Å². The summed E-state index contributed by atoms with van der Waals surface area (Å²) in [4.78, 5) is 16.5. The predicted molar refractivity (Wildman–Crippen MR) is 60.1 cm³/mol. The van der Waals surface area contributed by atoms with Crippen LogP contribution in [-0.2, 0) is 4.79 Å². The van der Waals surface area contributed by atoms with Crippen LogP contribution in [0.4, 0.5) is 5.13 Å². The predicted octanol–water partition coefficient (Wildman–Crippen LogP) is 1.37. The smallest absolute Gasteiger partial charge is 0.305 e. The Morgan fingerprint density at radius 2 is 2.53 bits per heavy atom. The number of aromatic nitrogens is 1. The Balaban J connectivity index is 2.66. The molecule has 1 aromatic heterocycles. The first-order valence-electron chi connectivity index (χ1n) is 4.46. The van der Waals surface area contributed by atoms with Gasteiger partial charge in [0, 0.05) is 11.9 Å². The average Bonchev–Trinajstić information content (AvgIpc) is 2.59. The summed E-state index contributed by atoms with van der Waals surface area (Å²) < 4.78 is 0. The van der Waals surface area contributed by atoms with Crippen molar-refractivity contribution >= 4 is 22.4 Å². The highest BCUT2D eigenvalue weighted by Gasteiger charge is 2.10. The topological polar surface area (TPSA) is 53.4 Å². The quantitative estimate of drug-likeness (QED) is 0.767. The number of carboxylic acids is 1. The summed E-state index contributed by atoms with van der Waals surface area (Å²) in [5.41, 5.74) is 0.923. The Morgan fingerprint density at radius 3 is 3.00 bits per heavy atom. The summed E-state index contributed by atoms with van der Waals surface area (Å²) in [6.45, 7) is 2.68. The lowest BCUT2D eigenvalue weighted by atomic mass is 10.4. The van der Waals surface area contributed by atoms with Crippen LogP contribution in [0.15, 0.2) is 5.38 Å². The number of thiazole rings is 1. The highest BCUT2D eigenvalue weighted by Crippen LogP contribution is 2.19. The largest absolute Gasteiger partial charge is 0.481 e. The summed E-state index contributed by atoms with van der Waals surface area (Å²) in [5, 5.41) is 11.3. The lowest BCUT2D eigenvalue weighted by molar-refractivity contribution is -0.136. The standard InChI is InChI=1S/C10H12N2O2S/c1-3-5-12(6-4-9(13)14)10-11-8(2)7-15-10/h1,7H,4-6H2,2H3,(H,13,14). The minimum atomic E-state index is -0.828. The molecule has 5 heteroatoms. The molecule has 4 nitrogen and oxygen atoms in total. The van der Waals surface area contributed by atoms with Gasteiger partial charge in [-0.15, -0.1) is 17.8 Å². The third-order valence-corrected chi connectivity index (χ3v) is 2.77. The van der Waals surface area contributed by atoms with E-state index in [0.717, 1.165) is 10.8 Å². The van der Waals surface area contributed by atoms with Gasteiger partial charge < -0.3 is 10.0 Å². The zero-order valence-corrected chi connectivity index (χ0v) is 9.25. The summed E-state index contributed by atoms with van der Waals surface area (Å²) in [6, 6.07) is 0. The lowest BCUT2D eigenvalue weighted by Crippen LogP contribution is -2.26. The van der Waals surface area contributed by atoms with Crippen LogP contribution in [0.25, 0.3) is 0 Å². The molecular formula is C10H12N2O2S. The molecule has 0 bridgehead atoms. The van der Waals surface area contributed by atoms with Crippen LogP contribution in [0.2, 0.25) is 0 Å². The summed E-state index contributed by atoms with van der Waals surface area (Å²) in [5.74, 6) is 1.67. The van der Waals surface area contributed by atoms with E-state index < -0.39 is 5.97 Å². The Bertz CT molecular complexity index is 381. The van der Waals surface area contributed by atoms with Gasteiger partial charge in [0.25, 0.3) is 0 Å². The molecule has 1 aromatic rings. The normalized spacial score (nSPS) is 9.60. The molecule has 1 rings (SSSR count). The van der Waals surface area contributed by atoms with Gasteiger partial charge in [-0.05, 0) is 6.92 Å². The minimum Gasteiger partial charge on any atom is -0.481 e. The average molecular weight is 224 g/mol. The van der Waals surface area contributed by atoms with Crippen molar-refractivity contribution in [1.82, 2.24) is 4.98 Å². The van der Waals surface area contributed by atoms with Gasteiger partial charge in [-0.25, -0.2) is 4.98 Å². The molecule has 0 amide bonds. The molecule has 0 aliphatic heterocycles. The molecule has 15 heavy (non-hydrogen) atoms. The highest BCUT2D eigenvalue weighted by atomic mass is 32.1. The van der Waals surface area contributed by atoms with E-state index in [0.29, 0.717) is 13.1 Å². The molecule has 80 valence electrons. The third-order valence-electron chi connectivity index (χ3n) is 1.76. The second kappa shape index (κ2) is 5.37. The summed E-state index contributed by atoms with van der Waals surface area (Å²) in [6.07, 6.45) is 5.29. The Labute approximate surface area is 92.6 Å². The lowest BCUT2D eigenvalue weighted by Gasteiger charge is -2.17. The number of hydrogen-bond acceptors (Lipinski definition) is 4. The van der Waals surface area contributed by atoms with Crippen molar-refractivity contribution in [1.29, 1.82) is 0 Å². The van der Waals surface area contributed by atoms with Crippen LogP contribution < -0.4 is 4.90 Å². The summed E-state index contributed by atoms with van der Waals surface area (Å²) in [7, 11) is 0. The van der Waals surface area contributed by atoms with Gasteiger partial charge >= 0.3 is 5.97 Å². The second-order valence-electron chi connectivity index (χ2n) is 3.04. The maximum Gasteiger partial charge on any atom is 0.305 e. The number of terminal acetylenes is 1. The van der Waals surface area contributed by atoms with Crippen LogP contribution >= 0.6 is 11.3 Å². The van der Waals surface area contributed by atoms with Crippen molar-refractivity contribution in [3.63, 3.8) is 0 Å². The molecule has 0 saturated carbocycles. The van der Waals surface area contributed by atoms with Crippen molar-refractivity contribution in [2.45, 2.75) is 13.3 Å². The van der Waals surface area contributed by atoms with Crippen LogP contribution in [-0.4, -0.2) is 29.1 Å². The minimum absolute atomic E-state index is 0.0697. The van der Waals surface area contributed by atoms with E-state index >= 15 is 0 Å². The SMILES string of the molecule is C#CCN(CCC(=O)O)c1nc(C)cs1. The molecule has 0 aromatic carbocycles. The molecule has 1 N–H and O–H groups in total. The van der Waals surface area contributed by atoms with Crippen molar-refractivity contribution in [2.24, 2.45) is 0 Å². The molecule has 0 radical (unpaired) electrons. The third kappa shape index (κ3) is 3.60. The van der Waals surface area contributed by atoms with E-state index in [1.807, 2.05) is 12.3 Å². The van der Waals surface area contributed by atoms with E-state index in [1.165, 1.54) is 11.3 Å². The Hall–Kier alpha value is -1.54. The maximum absolute atomic E-state index is 10.4. The van der Waals surface area contributed by atoms with Gasteiger partial charge in [-0.1, -0.05) is 5.92 Å². The van der Waals surface area contributed by atoms with Gasteiger partial charge in [0.2, 0.25) is 0 Å². The molecule has 0 aliphatic rings. The number of aryl methyl sites for hydroxylation is 1. The molecule has 0 fully saturated rings. The Kier molecular flexibility index (Phi) is 4.13. The van der Waals surface area contributed by atoms with Crippen molar-refractivity contribution < 1.29 is 9.90 Å². The van der Waals surface area contributed by atoms with Crippen LogP contribution in [0, 0.1) is 19.3 Å². The van der Waals surface area contributed by atoms with Gasteiger partial charge in [0.1, 0.15) is 0 Å². The van der Waals surface area contributed by atoms with Gasteiger partial charge in [-0.2, -0.15) is 0 Å². The fourth-order valence-corrected chi connectivity index (χ4v) is 1.90. The Morgan fingerprint density at radius 1 is 1.80 bits per heavy atom. The molecule has 0 spiro atoms. The number of hydrogen-bond donors (Lipinski definition) is 1. The zero-order valence-electron chi connectivity index (χ0n) is 8.43. The van der Waals surface area contributed by atoms with Gasteiger partial charge in [-0.3, -0.25) is 4.79 Å². The van der Waals surface area contributed by atoms with E-state index in [-0.39, 0.29) is 6.42 Å². The van der Waals surface area contributed by atoms with Crippen molar-refractivity contribution in [3.05, 3.63) is 11.1 Å². The molecule has 0 aliphatic carbocycles. The molecule has 0 unspecified atom stereocenters. The molecule has 1 heterocycles. The number of anilines is 1.